The van der Waals surface area contributed by atoms with E-state index >= 15 is 0 Å². The summed E-state index contributed by atoms with van der Waals surface area (Å²) in [6.45, 7) is 2.99. The molecule has 0 unspecified atom stereocenters. The molecular formula is C20H20N6O4S. The van der Waals surface area contributed by atoms with Crippen molar-refractivity contribution in [1.29, 1.82) is 0 Å². The van der Waals surface area contributed by atoms with Crippen molar-refractivity contribution in [3.05, 3.63) is 70.4 Å². The number of sulfonamides is 1. The average molecular weight is 440 g/mol. The fraction of sp³-hybridized carbons (Fsp3) is 0.250. The van der Waals surface area contributed by atoms with Gasteiger partial charge in [0.2, 0.25) is 10.0 Å². The lowest BCUT2D eigenvalue weighted by Crippen LogP contribution is -2.49. The Morgan fingerprint density at radius 3 is 2.35 bits per heavy atom. The summed E-state index contributed by atoms with van der Waals surface area (Å²) in [5.41, 5.74) is 1.62. The van der Waals surface area contributed by atoms with Crippen molar-refractivity contribution in [2.24, 2.45) is 0 Å². The Hall–Kier alpha value is -3.44. The summed E-state index contributed by atoms with van der Waals surface area (Å²) in [6, 6.07) is 13.1. The number of rotatable bonds is 5. The third-order valence-corrected chi connectivity index (χ3v) is 7.18. The van der Waals surface area contributed by atoms with Crippen molar-refractivity contribution in [3.8, 4) is 11.4 Å². The van der Waals surface area contributed by atoms with Gasteiger partial charge in [-0.25, -0.2) is 8.42 Å². The third kappa shape index (κ3) is 4.23. The van der Waals surface area contributed by atoms with Gasteiger partial charge in [0.05, 0.1) is 15.5 Å². The molecule has 1 fully saturated rings. The zero-order chi connectivity index (χ0) is 22.0. The number of nitro groups is 1. The number of pyridine rings is 1. The number of nitro benzene ring substituents is 1. The molecule has 1 aromatic carbocycles. The molecule has 0 amide bonds. The zero-order valence-electron chi connectivity index (χ0n) is 16.7. The van der Waals surface area contributed by atoms with Crippen LogP contribution in [-0.2, 0) is 10.0 Å². The van der Waals surface area contributed by atoms with Crippen LogP contribution in [0.1, 0.15) is 5.56 Å². The highest BCUT2D eigenvalue weighted by Crippen LogP contribution is 2.26. The number of anilines is 1. The minimum Gasteiger partial charge on any atom is -0.352 e. The van der Waals surface area contributed by atoms with Crippen LogP contribution in [0.25, 0.3) is 11.4 Å². The van der Waals surface area contributed by atoms with Gasteiger partial charge < -0.3 is 4.90 Å². The first kappa shape index (κ1) is 20.8. The fourth-order valence-electron chi connectivity index (χ4n) is 3.42. The maximum atomic E-state index is 13.1. The topological polar surface area (TPSA) is 122 Å². The van der Waals surface area contributed by atoms with Gasteiger partial charge in [0.1, 0.15) is 5.69 Å². The van der Waals surface area contributed by atoms with Crippen LogP contribution in [0.2, 0.25) is 0 Å². The summed E-state index contributed by atoms with van der Waals surface area (Å²) in [6.07, 6.45) is 1.69. The normalized spacial score (nSPS) is 15.1. The molecule has 1 aliphatic heterocycles. The molecule has 4 rings (SSSR count). The highest BCUT2D eigenvalue weighted by molar-refractivity contribution is 7.89. The monoisotopic (exact) mass is 440 g/mol. The van der Waals surface area contributed by atoms with E-state index in [-0.39, 0.29) is 23.7 Å². The Balaban J connectivity index is 1.47. The van der Waals surface area contributed by atoms with E-state index < -0.39 is 14.9 Å². The van der Waals surface area contributed by atoms with Gasteiger partial charge in [0.15, 0.2) is 5.82 Å². The molecule has 0 atom stereocenters. The van der Waals surface area contributed by atoms with Gasteiger partial charge in [0, 0.05) is 44.5 Å². The van der Waals surface area contributed by atoms with Gasteiger partial charge in [-0.3, -0.25) is 15.1 Å². The number of hydrogen-bond acceptors (Lipinski definition) is 8. The molecule has 0 radical (unpaired) electrons. The van der Waals surface area contributed by atoms with Gasteiger partial charge >= 0.3 is 0 Å². The van der Waals surface area contributed by atoms with E-state index in [2.05, 4.69) is 15.2 Å². The van der Waals surface area contributed by atoms with Gasteiger partial charge in [-0.2, -0.15) is 4.31 Å². The predicted octanol–water partition coefficient (Wildman–Crippen LogP) is 2.27. The van der Waals surface area contributed by atoms with Crippen molar-refractivity contribution in [3.63, 3.8) is 0 Å². The van der Waals surface area contributed by atoms with Crippen molar-refractivity contribution in [2.45, 2.75) is 11.8 Å². The van der Waals surface area contributed by atoms with Crippen LogP contribution in [-0.4, -0.2) is 59.0 Å². The summed E-state index contributed by atoms with van der Waals surface area (Å²) in [7, 11) is -3.84. The Labute approximate surface area is 179 Å². The van der Waals surface area contributed by atoms with E-state index in [9.17, 15) is 18.5 Å². The van der Waals surface area contributed by atoms with Crippen molar-refractivity contribution in [1.82, 2.24) is 19.5 Å². The SMILES string of the molecule is Cc1ccc([N+](=O)[O-])cc1S(=O)(=O)N1CCN(c2ccc(-c3ccccn3)nn2)CC1. The van der Waals surface area contributed by atoms with E-state index in [0.717, 1.165) is 11.8 Å². The highest BCUT2D eigenvalue weighted by Gasteiger charge is 2.31. The first-order valence-electron chi connectivity index (χ1n) is 9.61. The predicted molar refractivity (Wildman–Crippen MR) is 114 cm³/mol. The van der Waals surface area contributed by atoms with E-state index in [0.29, 0.717) is 30.2 Å². The van der Waals surface area contributed by atoms with E-state index in [1.165, 1.54) is 16.4 Å². The molecule has 0 aliphatic carbocycles. The summed E-state index contributed by atoms with van der Waals surface area (Å²) < 4.78 is 27.5. The smallest absolute Gasteiger partial charge is 0.270 e. The van der Waals surface area contributed by atoms with Crippen LogP contribution in [0, 0.1) is 17.0 Å². The van der Waals surface area contributed by atoms with Crippen LogP contribution in [0.3, 0.4) is 0 Å². The fourth-order valence-corrected chi connectivity index (χ4v) is 5.09. The summed E-state index contributed by atoms with van der Waals surface area (Å²) in [4.78, 5) is 16.6. The summed E-state index contributed by atoms with van der Waals surface area (Å²) >= 11 is 0. The first-order chi connectivity index (χ1) is 14.9. The second kappa shape index (κ2) is 8.36. The Morgan fingerprint density at radius 1 is 0.968 bits per heavy atom. The van der Waals surface area contributed by atoms with Gasteiger partial charge in [-0.05, 0) is 36.8 Å². The largest absolute Gasteiger partial charge is 0.352 e. The molecule has 0 saturated carbocycles. The molecule has 3 heterocycles. The minimum absolute atomic E-state index is 0.0327. The van der Waals surface area contributed by atoms with Crippen LogP contribution in [0.15, 0.2) is 59.6 Å². The number of hydrogen-bond donors (Lipinski definition) is 0. The number of piperazine rings is 1. The molecule has 1 saturated heterocycles. The van der Waals surface area contributed by atoms with E-state index in [4.69, 9.17) is 0 Å². The van der Waals surface area contributed by atoms with E-state index in [1.54, 1.807) is 13.1 Å². The van der Waals surface area contributed by atoms with Crippen LogP contribution >= 0.6 is 0 Å². The van der Waals surface area contributed by atoms with Gasteiger partial charge in [0.25, 0.3) is 5.69 Å². The molecule has 31 heavy (non-hydrogen) atoms. The minimum atomic E-state index is -3.84. The molecular weight excluding hydrogens is 420 g/mol. The molecule has 0 spiro atoms. The third-order valence-electron chi connectivity index (χ3n) is 5.14. The molecule has 11 heteroatoms. The quantitative estimate of drug-likeness (QED) is 0.437. The van der Waals surface area contributed by atoms with Crippen LogP contribution < -0.4 is 4.90 Å². The maximum Gasteiger partial charge on any atom is 0.270 e. The second-order valence-corrected chi connectivity index (χ2v) is 9.00. The summed E-state index contributed by atoms with van der Waals surface area (Å²) in [5.74, 6) is 0.656. The van der Waals surface area contributed by atoms with Crippen molar-refractivity contribution < 1.29 is 13.3 Å². The Kier molecular flexibility index (Phi) is 5.61. The zero-order valence-corrected chi connectivity index (χ0v) is 17.6. The van der Waals surface area contributed by atoms with Gasteiger partial charge in [-0.15, -0.1) is 10.2 Å². The lowest BCUT2D eigenvalue weighted by atomic mass is 10.2. The van der Waals surface area contributed by atoms with Crippen molar-refractivity contribution >= 4 is 21.5 Å². The average Bonchev–Trinajstić information content (AvgIpc) is 2.80. The molecule has 0 N–H and O–H groups in total. The van der Waals surface area contributed by atoms with Crippen molar-refractivity contribution in [2.75, 3.05) is 31.1 Å². The second-order valence-electron chi connectivity index (χ2n) is 7.09. The molecule has 1 aliphatic rings. The highest BCUT2D eigenvalue weighted by atomic mass is 32.2. The molecule has 2 aromatic heterocycles. The summed E-state index contributed by atoms with van der Waals surface area (Å²) in [5, 5.41) is 19.5. The number of aryl methyl sites for hydroxylation is 1. The van der Waals surface area contributed by atoms with E-state index in [1.807, 2.05) is 35.2 Å². The van der Waals surface area contributed by atoms with Crippen LogP contribution in [0.5, 0.6) is 0 Å². The maximum absolute atomic E-state index is 13.1. The molecule has 3 aromatic rings. The molecule has 0 bridgehead atoms. The molecule has 10 nitrogen and oxygen atoms in total. The standard InChI is InChI=1S/C20H20N6O4S/c1-15-5-6-16(26(27)28)14-19(15)31(29,30)25-12-10-24(11-13-25)20-8-7-18(22-23-20)17-4-2-3-9-21-17/h2-9,14H,10-13H2,1H3. The lowest BCUT2D eigenvalue weighted by Gasteiger charge is -2.34. The molecule has 160 valence electrons. The van der Waals surface area contributed by atoms with Gasteiger partial charge in [-0.1, -0.05) is 12.1 Å². The number of nitrogens with zero attached hydrogens (tertiary/aromatic N) is 6. The van der Waals surface area contributed by atoms with Crippen LogP contribution in [0.4, 0.5) is 11.5 Å². The Morgan fingerprint density at radius 2 is 1.74 bits per heavy atom. The number of benzene rings is 1. The lowest BCUT2D eigenvalue weighted by molar-refractivity contribution is -0.385. The number of aromatic nitrogens is 3. The Bertz CT molecular complexity index is 1190. The number of non-ortho nitro benzene ring substituents is 1. The first-order valence-corrected chi connectivity index (χ1v) is 11.1.